The van der Waals surface area contributed by atoms with Gasteiger partial charge in [-0.05, 0) is 61.7 Å². The number of hydrogen-bond donors (Lipinski definition) is 3. The number of allylic oxidation sites excluding steroid dienone is 2. The molecule has 3 saturated carbocycles. The molecule has 0 aromatic rings. The highest BCUT2D eigenvalue weighted by Gasteiger charge is 2.56. The first-order chi connectivity index (χ1) is 14.4. The molecule has 0 aromatic heterocycles. The van der Waals surface area contributed by atoms with Crippen molar-refractivity contribution in [3.8, 4) is 0 Å². The van der Waals surface area contributed by atoms with E-state index in [-0.39, 0.29) is 12.5 Å². The van der Waals surface area contributed by atoms with Crippen LogP contribution in [0.15, 0.2) is 12.2 Å². The lowest BCUT2D eigenvalue weighted by Crippen LogP contribution is -2.61. The van der Waals surface area contributed by atoms with Crippen LogP contribution in [0.4, 0.5) is 0 Å². The predicted molar refractivity (Wildman–Crippen MR) is 125 cm³/mol. The van der Waals surface area contributed by atoms with E-state index in [1.165, 1.54) is 44.9 Å². The number of carbonyl (C=O) groups is 1. The quantitative estimate of drug-likeness (QED) is 0.213. The van der Waals surface area contributed by atoms with E-state index >= 15 is 0 Å². The Morgan fingerprint density at radius 3 is 2.53 bits per heavy atom. The average molecular weight is 422 g/mol. The molecule has 2 bridgehead atoms. The molecule has 0 heterocycles. The smallest absolute Gasteiger partial charge is 0.303 e. The van der Waals surface area contributed by atoms with Crippen LogP contribution < -0.4 is 5.32 Å². The van der Waals surface area contributed by atoms with Gasteiger partial charge < -0.3 is 15.5 Å². The van der Waals surface area contributed by atoms with Gasteiger partial charge in [0.1, 0.15) is 0 Å². The molecule has 3 aliphatic rings. The van der Waals surface area contributed by atoms with Crippen molar-refractivity contribution in [2.45, 2.75) is 116 Å². The molecule has 174 valence electrons. The maximum Gasteiger partial charge on any atom is 0.303 e. The zero-order chi connectivity index (χ0) is 22.0. The summed E-state index contributed by atoms with van der Waals surface area (Å²) in [5.41, 5.74) is 0.442. The Morgan fingerprint density at radius 2 is 1.83 bits per heavy atom. The van der Waals surface area contributed by atoms with E-state index in [2.05, 4.69) is 38.2 Å². The van der Waals surface area contributed by atoms with Crippen molar-refractivity contribution < 1.29 is 15.0 Å². The molecule has 3 rings (SSSR count). The molecule has 0 aromatic carbocycles. The van der Waals surface area contributed by atoms with Gasteiger partial charge in [0.15, 0.2) is 0 Å². The fourth-order valence-electron chi connectivity index (χ4n) is 5.80. The molecule has 0 aliphatic heterocycles. The number of aliphatic hydroxyl groups excluding tert-OH is 1. The summed E-state index contributed by atoms with van der Waals surface area (Å²) in [5, 5.41) is 22.9. The molecule has 3 N–H and O–H groups in total. The Hall–Kier alpha value is -0.870. The molecule has 0 radical (unpaired) electrons. The number of unbranched alkanes of at least 4 members (excludes halogenated alkanes) is 6. The summed E-state index contributed by atoms with van der Waals surface area (Å²) in [6, 6.07) is 0.504. The Balaban J connectivity index is 1.73. The van der Waals surface area contributed by atoms with Crippen LogP contribution in [0, 0.1) is 23.2 Å². The highest BCUT2D eigenvalue weighted by atomic mass is 16.4. The van der Waals surface area contributed by atoms with Gasteiger partial charge in [-0.1, -0.05) is 71.4 Å². The summed E-state index contributed by atoms with van der Waals surface area (Å²) in [7, 11) is 0. The van der Waals surface area contributed by atoms with Crippen molar-refractivity contribution in [3.05, 3.63) is 12.2 Å². The molecular weight excluding hydrogens is 374 g/mol. The third-order valence-electron chi connectivity index (χ3n) is 7.96. The zero-order valence-electron chi connectivity index (χ0n) is 19.7. The average Bonchev–Trinajstić information content (AvgIpc) is 2.71. The van der Waals surface area contributed by atoms with Crippen molar-refractivity contribution in [2.24, 2.45) is 23.2 Å². The van der Waals surface area contributed by atoms with Crippen molar-refractivity contribution >= 4 is 5.97 Å². The summed E-state index contributed by atoms with van der Waals surface area (Å²) in [4.78, 5) is 10.6. The van der Waals surface area contributed by atoms with Crippen LogP contribution >= 0.6 is 0 Å². The minimum absolute atomic E-state index is 0.227. The largest absolute Gasteiger partial charge is 0.481 e. The lowest BCUT2D eigenvalue weighted by Gasteiger charge is -2.63. The Kier molecular flexibility index (Phi) is 10.9. The highest BCUT2D eigenvalue weighted by Crippen LogP contribution is 2.62. The van der Waals surface area contributed by atoms with Crippen LogP contribution in [-0.2, 0) is 4.79 Å². The van der Waals surface area contributed by atoms with Gasteiger partial charge in [0.25, 0.3) is 0 Å². The summed E-state index contributed by atoms with van der Waals surface area (Å²) < 4.78 is 0. The summed E-state index contributed by atoms with van der Waals surface area (Å²) in [6.45, 7) is 7.82. The monoisotopic (exact) mass is 421 g/mol. The topological polar surface area (TPSA) is 69.6 Å². The fraction of sp³-hybridized carbons (Fsp3) is 0.885. The van der Waals surface area contributed by atoms with E-state index in [0.29, 0.717) is 17.4 Å². The van der Waals surface area contributed by atoms with E-state index in [1.54, 1.807) is 0 Å². The number of hydrogen-bond acceptors (Lipinski definition) is 3. The SMILES string of the molecule is CCCCCCCCC(O)CNC1C[C@H]2C[C@@H]([C@@H]1CC=CCCCC(=O)O)C2(C)C. The number of carboxylic acid groups (broad SMARTS) is 1. The van der Waals surface area contributed by atoms with Crippen LogP contribution in [0.25, 0.3) is 0 Å². The van der Waals surface area contributed by atoms with Crippen molar-refractivity contribution in [1.29, 1.82) is 0 Å². The summed E-state index contributed by atoms with van der Waals surface area (Å²) in [6.07, 6.45) is 18.2. The first kappa shape index (κ1) is 25.4. The number of fused-ring (bicyclic) bond motifs is 2. The predicted octanol–water partition coefficient (Wildman–Crippen LogP) is 5.94. The van der Waals surface area contributed by atoms with Gasteiger partial charge in [0, 0.05) is 19.0 Å². The minimum Gasteiger partial charge on any atom is -0.481 e. The molecular formula is C26H47NO3. The normalized spacial score (nSPS) is 28.4. The van der Waals surface area contributed by atoms with E-state index in [1.807, 2.05) is 0 Å². The van der Waals surface area contributed by atoms with Crippen LogP contribution in [0.3, 0.4) is 0 Å². The van der Waals surface area contributed by atoms with Crippen LogP contribution in [0.2, 0.25) is 0 Å². The maximum absolute atomic E-state index is 10.6. The number of nitrogens with one attached hydrogen (secondary N) is 1. The molecule has 0 amide bonds. The van der Waals surface area contributed by atoms with Gasteiger partial charge in [-0.3, -0.25) is 4.79 Å². The van der Waals surface area contributed by atoms with E-state index in [9.17, 15) is 9.90 Å². The number of aliphatic hydroxyl groups is 1. The number of carboxylic acids is 1. The summed E-state index contributed by atoms with van der Waals surface area (Å²) in [5.74, 6) is 1.49. The molecule has 4 nitrogen and oxygen atoms in total. The van der Waals surface area contributed by atoms with Gasteiger partial charge >= 0.3 is 5.97 Å². The van der Waals surface area contributed by atoms with E-state index in [0.717, 1.165) is 50.5 Å². The second-order valence-electron chi connectivity index (χ2n) is 10.5. The van der Waals surface area contributed by atoms with Gasteiger partial charge in [0.2, 0.25) is 0 Å². The van der Waals surface area contributed by atoms with E-state index in [4.69, 9.17) is 5.11 Å². The minimum atomic E-state index is -0.707. The van der Waals surface area contributed by atoms with E-state index < -0.39 is 5.97 Å². The first-order valence-electron chi connectivity index (χ1n) is 12.6. The maximum atomic E-state index is 10.6. The highest BCUT2D eigenvalue weighted by molar-refractivity contribution is 5.66. The molecule has 3 aliphatic carbocycles. The third kappa shape index (κ3) is 7.67. The molecule has 0 spiro atoms. The molecule has 4 heteroatoms. The van der Waals surface area contributed by atoms with Crippen LogP contribution in [0.5, 0.6) is 0 Å². The Morgan fingerprint density at radius 1 is 1.10 bits per heavy atom. The van der Waals surface area contributed by atoms with Crippen molar-refractivity contribution in [2.75, 3.05) is 6.54 Å². The van der Waals surface area contributed by atoms with Gasteiger partial charge in [-0.2, -0.15) is 0 Å². The van der Waals surface area contributed by atoms with Gasteiger partial charge in [-0.15, -0.1) is 0 Å². The third-order valence-corrected chi connectivity index (χ3v) is 7.96. The van der Waals surface area contributed by atoms with Crippen LogP contribution in [-0.4, -0.2) is 34.9 Å². The van der Waals surface area contributed by atoms with Gasteiger partial charge in [0.05, 0.1) is 6.10 Å². The van der Waals surface area contributed by atoms with Crippen molar-refractivity contribution in [3.63, 3.8) is 0 Å². The van der Waals surface area contributed by atoms with Crippen LogP contribution in [0.1, 0.15) is 104 Å². The zero-order valence-corrected chi connectivity index (χ0v) is 19.7. The number of rotatable bonds is 16. The lowest BCUT2D eigenvalue weighted by molar-refractivity contribution is -0.137. The number of aliphatic carboxylic acids is 1. The summed E-state index contributed by atoms with van der Waals surface area (Å²) >= 11 is 0. The van der Waals surface area contributed by atoms with Crippen molar-refractivity contribution in [1.82, 2.24) is 5.32 Å². The molecule has 2 unspecified atom stereocenters. The van der Waals surface area contributed by atoms with Gasteiger partial charge in [-0.25, -0.2) is 0 Å². The molecule has 5 atom stereocenters. The molecule has 3 fully saturated rings. The standard InChI is InChI=1S/C26H47NO3/c1-4-5-6-7-8-11-14-21(28)19-27-24-18-20-17-23(26(20,2)3)22(24)15-12-9-10-13-16-25(29)30/h9,12,20-24,27-28H,4-8,10-11,13-19H2,1-3H3,(H,29,30)/t20-,21?,22+,23+,24?/m1/s1. The Labute approximate surface area is 184 Å². The lowest BCUT2D eigenvalue weighted by atomic mass is 9.44. The molecule has 30 heavy (non-hydrogen) atoms. The first-order valence-corrected chi connectivity index (χ1v) is 12.6. The molecule has 0 saturated heterocycles. The fourth-order valence-corrected chi connectivity index (χ4v) is 5.80. The second kappa shape index (κ2) is 12.9. The Bertz CT molecular complexity index is 530. The second-order valence-corrected chi connectivity index (χ2v) is 10.5.